The Morgan fingerprint density at radius 3 is 2.31 bits per heavy atom. The van der Waals surface area contributed by atoms with Crippen LogP contribution in [0, 0.1) is 13.8 Å². The SMILES string of the molecule is Cc1ccc(C)c(/C(=C/C(=O)O)C(=O)O)c1. The zero-order chi connectivity index (χ0) is 12.3. The molecule has 0 atom stereocenters. The van der Waals surface area contributed by atoms with Crippen molar-refractivity contribution in [3.05, 3.63) is 41.0 Å². The molecule has 16 heavy (non-hydrogen) atoms. The van der Waals surface area contributed by atoms with Gasteiger partial charge in [0.05, 0.1) is 5.57 Å². The number of hydrogen-bond acceptors (Lipinski definition) is 2. The molecule has 0 aliphatic rings. The second kappa shape index (κ2) is 4.61. The molecule has 2 N–H and O–H groups in total. The normalized spacial score (nSPS) is 11.2. The molecule has 0 unspecified atom stereocenters. The van der Waals surface area contributed by atoms with Crippen LogP contribution in [-0.4, -0.2) is 22.2 Å². The quantitative estimate of drug-likeness (QED) is 0.762. The van der Waals surface area contributed by atoms with Gasteiger partial charge in [0.2, 0.25) is 0 Å². The molecule has 1 aromatic rings. The van der Waals surface area contributed by atoms with E-state index in [1.165, 1.54) is 0 Å². The van der Waals surface area contributed by atoms with E-state index in [-0.39, 0.29) is 5.57 Å². The summed E-state index contributed by atoms with van der Waals surface area (Å²) in [6.45, 7) is 3.57. The predicted octanol–water partition coefficient (Wildman–Crippen LogP) is 1.86. The van der Waals surface area contributed by atoms with Crippen LogP contribution in [-0.2, 0) is 9.59 Å². The number of benzene rings is 1. The lowest BCUT2D eigenvalue weighted by Gasteiger charge is -2.07. The molecule has 0 aliphatic heterocycles. The first kappa shape index (κ1) is 12.0. The number of carboxylic acids is 2. The van der Waals surface area contributed by atoms with Crippen molar-refractivity contribution in [2.45, 2.75) is 13.8 Å². The van der Waals surface area contributed by atoms with Gasteiger partial charge in [-0.15, -0.1) is 0 Å². The zero-order valence-corrected chi connectivity index (χ0v) is 9.02. The molecule has 1 rings (SSSR count). The molecule has 0 fully saturated rings. The van der Waals surface area contributed by atoms with Gasteiger partial charge >= 0.3 is 11.9 Å². The van der Waals surface area contributed by atoms with Crippen LogP contribution in [0.5, 0.6) is 0 Å². The van der Waals surface area contributed by atoms with E-state index in [9.17, 15) is 9.59 Å². The third kappa shape index (κ3) is 2.70. The molecule has 0 amide bonds. The first-order chi connectivity index (χ1) is 7.41. The van der Waals surface area contributed by atoms with E-state index in [1.807, 2.05) is 13.0 Å². The molecule has 84 valence electrons. The van der Waals surface area contributed by atoms with Gasteiger partial charge in [0, 0.05) is 6.08 Å². The summed E-state index contributed by atoms with van der Waals surface area (Å²) >= 11 is 0. The fourth-order valence-electron chi connectivity index (χ4n) is 1.40. The number of aryl methyl sites for hydroxylation is 2. The van der Waals surface area contributed by atoms with Crippen molar-refractivity contribution in [3.8, 4) is 0 Å². The molecule has 0 bridgehead atoms. The summed E-state index contributed by atoms with van der Waals surface area (Å²) < 4.78 is 0. The van der Waals surface area contributed by atoms with E-state index in [2.05, 4.69) is 0 Å². The van der Waals surface area contributed by atoms with Gasteiger partial charge < -0.3 is 10.2 Å². The van der Waals surface area contributed by atoms with E-state index >= 15 is 0 Å². The maximum atomic E-state index is 11.0. The Kier molecular flexibility index (Phi) is 3.45. The van der Waals surface area contributed by atoms with Gasteiger partial charge in [-0.2, -0.15) is 0 Å². The average molecular weight is 220 g/mol. The van der Waals surface area contributed by atoms with E-state index in [4.69, 9.17) is 10.2 Å². The maximum Gasteiger partial charge on any atom is 0.336 e. The number of hydrogen-bond donors (Lipinski definition) is 2. The van der Waals surface area contributed by atoms with Gasteiger partial charge in [0.15, 0.2) is 0 Å². The first-order valence-electron chi connectivity index (χ1n) is 4.67. The van der Waals surface area contributed by atoms with Crippen LogP contribution in [0.1, 0.15) is 16.7 Å². The van der Waals surface area contributed by atoms with E-state index in [0.29, 0.717) is 11.6 Å². The van der Waals surface area contributed by atoms with Crippen molar-refractivity contribution in [3.63, 3.8) is 0 Å². The van der Waals surface area contributed by atoms with Gasteiger partial charge in [0.25, 0.3) is 0 Å². The molecule has 0 saturated heterocycles. The van der Waals surface area contributed by atoms with Crippen LogP contribution in [0.2, 0.25) is 0 Å². The number of aliphatic carboxylic acids is 2. The van der Waals surface area contributed by atoms with Crippen molar-refractivity contribution < 1.29 is 19.8 Å². The number of carboxylic acid groups (broad SMARTS) is 2. The van der Waals surface area contributed by atoms with Crippen LogP contribution in [0.4, 0.5) is 0 Å². The van der Waals surface area contributed by atoms with Crippen molar-refractivity contribution in [2.75, 3.05) is 0 Å². The topological polar surface area (TPSA) is 74.6 Å². The smallest absolute Gasteiger partial charge is 0.336 e. The summed E-state index contributed by atoms with van der Waals surface area (Å²) in [5.74, 6) is -2.51. The van der Waals surface area contributed by atoms with E-state index in [0.717, 1.165) is 11.1 Å². The fraction of sp³-hybridized carbons (Fsp3) is 0.167. The van der Waals surface area contributed by atoms with Crippen molar-refractivity contribution in [1.82, 2.24) is 0 Å². The van der Waals surface area contributed by atoms with Crippen molar-refractivity contribution in [1.29, 1.82) is 0 Å². The number of rotatable bonds is 3. The highest BCUT2D eigenvalue weighted by atomic mass is 16.4. The molecular formula is C12H12O4. The van der Waals surface area contributed by atoms with E-state index in [1.54, 1.807) is 19.1 Å². The van der Waals surface area contributed by atoms with Gasteiger partial charge in [-0.25, -0.2) is 9.59 Å². The summed E-state index contributed by atoms with van der Waals surface area (Å²) in [5.41, 5.74) is 1.86. The van der Waals surface area contributed by atoms with Gasteiger partial charge in [-0.3, -0.25) is 0 Å². The Bertz CT molecular complexity index is 472. The largest absolute Gasteiger partial charge is 0.478 e. The van der Waals surface area contributed by atoms with Crippen LogP contribution >= 0.6 is 0 Å². The summed E-state index contributed by atoms with van der Waals surface area (Å²) in [6, 6.07) is 5.28. The standard InChI is InChI=1S/C12H12O4/c1-7-3-4-8(2)9(5-7)10(12(15)16)6-11(13)14/h3-6H,1-2H3,(H,13,14)(H,15,16)/b10-6-. The first-order valence-corrected chi connectivity index (χ1v) is 4.67. The van der Waals surface area contributed by atoms with Crippen molar-refractivity contribution in [2.24, 2.45) is 0 Å². The summed E-state index contributed by atoms with van der Waals surface area (Å²) in [5, 5.41) is 17.6. The Morgan fingerprint density at radius 1 is 1.19 bits per heavy atom. The minimum atomic E-state index is -1.27. The Hall–Kier alpha value is -2.10. The summed E-state index contributed by atoms with van der Waals surface area (Å²) in [4.78, 5) is 21.5. The zero-order valence-electron chi connectivity index (χ0n) is 9.02. The third-order valence-corrected chi connectivity index (χ3v) is 2.18. The molecule has 0 heterocycles. The molecular weight excluding hydrogens is 208 g/mol. The maximum absolute atomic E-state index is 11.0. The van der Waals surface area contributed by atoms with Crippen LogP contribution in [0.3, 0.4) is 0 Å². The summed E-state index contributed by atoms with van der Waals surface area (Å²) in [7, 11) is 0. The highest BCUT2D eigenvalue weighted by molar-refractivity contribution is 6.19. The Morgan fingerprint density at radius 2 is 1.81 bits per heavy atom. The van der Waals surface area contributed by atoms with E-state index < -0.39 is 11.9 Å². The molecule has 0 spiro atoms. The Labute approximate surface area is 92.8 Å². The third-order valence-electron chi connectivity index (χ3n) is 2.18. The molecule has 1 aromatic carbocycles. The van der Waals surface area contributed by atoms with Crippen LogP contribution in [0.25, 0.3) is 5.57 Å². The van der Waals surface area contributed by atoms with Gasteiger partial charge in [0.1, 0.15) is 0 Å². The van der Waals surface area contributed by atoms with Crippen LogP contribution < -0.4 is 0 Å². The second-order valence-electron chi connectivity index (χ2n) is 3.52. The lowest BCUT2D eigenvalue weighted by molar-refractivity contribution is -0.133. The lowest BCUT2D eigenvalue weighted by Crippen LogP contribution is -2.04. The number of carbonyl (C=O) groups is 2. The minimum Gasteiger partial charge on any atom is -0.478 e. The molecule has 0 radical (unpaired) electrons. The minimum absolute atomic E-state index is 0.200. The monoisotopic (exact) mass is 220 g/mol. The molecule has 0 saturated carbocycles. The fourth-order valence-corrected chi connectivity index (χ4v) is 1.40. The second-order valence-corrected chi connectivity index (χ2v) is 3.52. The molecule has 4 heteroatoms. The van der Waals surface area contributed by atoms with Crippen molar-refractivity contribution >= 4 is 17.5 Å². The predicted molar refractivity (Wildman–Crippen MR) is 59.2 cm³/mol. The highest BCUT2D eigenvalue weighted by Gasteiger charge is 2.14. The van der Waals surface area contributed by atoms with Gasteiger partial charge in [-0.05, 0) is 25.0 Å². The highest BCUT2D eigenvalue weighted by Crippen LogP contribution is 2.20. The lowest BCUT2D eigenvalue weighted by atomic mass is 9.98. The van der Waals surface area contributed by atoms with Crippen LogP contribution in [0.15, 0.2) is 24.3 Å². The van der Waals surface area contributed by atoms with Gasteiger partial charge in [-0.1, -0.05) is 23.8 Å². The molecule has 0 aromatic heterocycles. The summed E-state index contributed by atoms with van der Waals surface area (Å²) in [6.07, 6.45) is 0.712. The molecule has 0 aliphatic carbocycles. The molecule has 4 nitrogen and oxygen atoms in total. The average Bonchev–Trinajstić information content (AvgIpc) is 2.18. The Balaban J connectivity index is 3.37.